The summed E-state index contributed by atoms with van der Waals surface area (Å²) in [6, 6.07) is 14.1. The van der Waals surface area contributed by atoms with Crippen LogP contribution in [0.25, 0.3) is 10.8 Å². The molecule has 0 unspecified atom stereocenters. The summed E-state index contributed by atoms with van der Waals surface area (Å²) in [4.78, 5) is 12.5. The van der Waals surface area contributed by atoms with Crippen molar-refractivity contribution in [1.29, 1.82) is 0 Å². The lowest BCUT2D eigenvalue weighted by Gasteiger charge is -2.18. The SMILES string of the molecule is O=C(CN1c2cccc3cccc(c23)S1(=O)=O)Nc1ccc(Cl)c(F)c1. The highest BCUT2D eigenvalue weighted by Crippen LogP contribution is 2.41. The van der Waals surface area contributed by atoms with E-state index in [-0.39, 0.29) is 15.6 Å². The molecule has 1 N–H and O–H groups in total. The van der Waals surface area contributed by atoms with Crippen molar-refractivity contribution >= 4 is 49.7 Å². The summed E-state index contributed by atoms with van der Waals surface area (Å²) in [5.74, 6) is -1.25. The molecule has 3 aromatic rings. The van der Waals surface area contributed by atoms with Gasteiger partial charge in [0.2, 0.25) is 5.91 Å². The van der Waals surface area contributed by atoms with Gasteiger partial charge in [-0.25, -0.2) is 12.8 Å². The number of amides is 1. The van der Waals surface area contributed by atoms with Crippen molar-refractivity contribution in [3.8, 4) is 0 Å². The van der Waals surface area contributed by atoms with Crippen LogP contribution in [0.4, 0.5) is 15.8 Å². The van der Waals surface area contributed by atoms with Gasteiger partial charge in [0.25, 0.3) is 10.0 Å². The Bertz CT molecular complexity index is 1160. The Labute approximate surface area is 154 Å². The van der Waals surface area contributed by atoms with E-state index in [9.17, 15) is 17.6 Å². The monoisotopic (exact) mass is 390 g/mol. The third-order valence-corrected chi connectivity index (χ3v) is 6.28. The molecule has 0 aliphatic carbocycles. The first kappa shape index (κ1) is 16.8. The lowest BCUT2D eigenvalue weighted by atomic mass is 10.1. The average Bonchev–Trinajstić information content (AvgIpc) is 2.82. The zero-order valence-corrected chi connectivity index (χ0v) is 14.8. The van der Waals surface area contributed by atoms with Crippen molar-refractivity contribution in [1.82, 2.24) is 0 Å². The lowest BCUT2D eigenvalue weighted by molar-refractivity contribution is -0.114. The second-order valence-electron chi connectivity index (χ2n) is 5.82. The first-order valence-corrected chi connectivity index (χ1v) is 9.49. The van der Waals surface area contributed by atoms with Gasteiger partial charge in [-0.1, -0.05) is 35.9 Å². The number of benzene rings is 3. The van der Waals surface area contributed by atoms with E-state index < -0.39 is 28.3 Å². The first-order valence-electron chi connectivity index (χ1n) is 7.67. The van der Waals surface area contributed by atoms with Crippen molar-refractivity contribution in [2.75, 3.05) is 16.2 Å². The Kier molecular flexibility index (Phi) is 3.86. The van der Waals surface area contributed by atoms with Gasteiger partial charge in [-0.15, -0.1) is 0 Å². The number of nitrogens with zero attached hydrogens (tertiary/aromatic N) is 1. The molecule has 8 heteroatoms. The number of carbonyl (C=O) groups excluding carboxylic acids is 1. The number of halogens is 2. The van der Waals surface area contributed by atoms with Crippen LogP contribution >= 0.6 is 11.6 Å². The van der Waals surface area contributed by atoms with Crippen LogP contribution < -0.4 is 9.62 Å². The summed E-state index contributed by atoms with van der Waals surface area (Å²) < 4.78 is 40.2. The highest BCUT2D eigenvalue weighted by Gasteiger charge is 2.36. The van der Waals surface area contributed by atoms with E-state index in [0.717, 1.165) is 15.8 Å². The van der Waals surface area contributed by atoms with Gasteiger partial charge in [0.05, 0.1) is 15.6 Å². The summed E-state index contributed by atoms with van der Waals surface area (Å²) in [6.07, 6.45) is 0. The summed E-state index contributed by atoms with van der Waals surface area (Å²) in [7, 11) is -3.82. The summed E-state index contributed by atoms with van der Waals surface area (Å²) >= 11 is 5.61. The van der Waals surface area contributed by atoms with Crippen molar-refractivity contribution in [2.24, 2.45) is 0 Å². The molecule has 5 nitrogen and oxygen atoms in total. The van der Waals surface area contributed by atoms with E-state index in [0.29, 0.717) is 11.1 Å². The molecule has 0 saturated heterocycles. The minimum absolute atomic E-state index is 0.0627. The number of nitrogens with one attached hydrogen (secondary N) is 1. The fourth-order valence-corrected chi connectivity index (χ4v) is 4.82. The average molecular weight is 391 g/mol. The first-order chi connectivity index (χ1) is 12.4. The number of carbonyl (C=O) groups is 1. The van der Waals surface area contributed by atoms with Crippen LogP contribution in [0.2, 0.25) is 5.02 Å². The predicted octanol–water partition coefficient (Wildman–Crippen LogP) is 3.78. The van der Waals surface area contributed by atoms with Crippen molar-refractivity contribution in [3.63, 3.8) is 0 Å². The van der Waals surface area contributed by atoms with Gasteiger partial charge in [0.1, 0.15) is 12.4 Å². The van der Waals surface area contributed by atoms with E-state index in [1.807, 2.05) is 12.1 Å². The van der Waals surface area contributed by atoms with Crippen LogP contribution in [-0.2, 0) is 14.8 Å². The highest BCUT2D eigenvalue weighted by atomic mass is 35.5. The summed E-state index contributed by atoms with van der Waals surface area (Å²) in [5, 5.41) is 3.81. The molecule has 0 saturated carbocycles. The van der Waals surface area contributed by atoms with Crippen LogP contribution in [0.3, 0.4) is 0 Å². The maximum Gasteiger partial charge on any atom is 0.265 e. The highest BCUT2D eigenvalue weighted by molar-refractivity contribution is 7.93. The Balaban J connectivity index is 1.65. The lowest BCUT2D eigenvalue weighted by Crippen LogP contribution is -2.35. The smallest absolute Gasteiger partial charge is 0.265 e. The number of rotatable bonds is 3. The van der Waals surface area contributed by atoms with Gasteiger partial charge < -0.3 is 5.32 Å². The number of anilines is 2. The topological polar surface area (TPSA) is 66.5 Å². The zero-order valence-electron chi connectivity index (χ0n) is 13.2. The molecule has 132 valence electrons. The van der Waals surface area contributed by atoms with Gasteiger partial charge in [0, 0.05) is 11.1 Å². The molecular formula is C18H12ClFN2O3S. The molecule has 0 atom stereocenters. The largest absolute Gasteiger partial charge is 0.324 e. The normalized spacial score (nSPS) is 14.6. The Morgan fingerprint density at radius 1 is 1.12 bits per heavy atom. The molecule has 3 aromatic carbocycles. The molecule has 0 spiro atoms. The van der Waals surface area contributed by atoms with Gasteiger partial charge in [-0.3, -0.25) is 9.10 Å². The van der Waals surface area contributed by atoms with E-state index in [2.05, 4.69) is 5.32 Å². The zero-order chi connectivity index (χ0) is 18.5. The predicted molar refractivity (Wildman–Crippen MR) is 98.5 cm³/mol. The Morgan fingerprint density at radius 3 is 2.58 bits per heavy atom. The standard InChI is InChI=1S/C18H12ClFN2O3S/c19-13-8-7-12(9-14(13)20)21-17(23)10-22-15-5-1-3-11-4-2-6-16(18(11)15)26(22,24)25/h1-9H,10H2,(H,21,23). The van der Waals surface area contributed by atoms with Gasteiger partial charge in [-0.05, 0) is 35.7 Å². The quantitative estimate of drug-likeness (QED) is 0.740. The van der Waals surface area contributed by atoms with Gasteiger partial charge in [0.15, 0.2) is 0 Å². The van der Waals surface area contributed by atoms with Gasteiger partial charge in [-0.2, -0.15) is 0 Å². The second-order valence-corrected chi connectivity index (χ2v) is 8.06. The molecule has 0 bridgehead atoms. The van der Waals surface area contributed by atoms with Crippen molar-refractivity contribution in [2.45, 2.75) is 4.90 Å². The number of sulfonamides is 1. The Hall–Kier alpha value is -2.64. The maximum atomic E-state index is 13.5. The van der Waals surface area contributed by atoms with E-state index in [4.69, 9.17) is 11.6 Å². The third-order valence-electron chi connectivity index (χ3n) is 4.17. The molecule has 0 fully saturated rings. The van der Waals surface area contributed by atoms with Crippen LogP contribution in [0.15, 0.2) is 59.5 Å². The third kappa shape index (κ3) is 2.60. The van der Waals surface area contributed by atoms with E-state index >= 15 is 0 Å². The second kappa shape index (κ2) is 5.96. The van der Waals surface area contributed by atoms with Crippen LogP contribution in [-0.4, -0.2) is 20.9 Å². The molecule has 26 heavy (non-hydrogen) atoms. The van der Waals surface area contributed by atoms with E-state index in [1.165, 1.54) is 18.2 Å². The maximum absolute atomic E-state index is 13.5. The Morgan fingerprint density at radius 2 is 1.85 bits per heavy atom. The minimum atomic E-state index is -3.82. The molecule has 1 amide bonds. The van der Waals surface area contributed by atoms with Crippen molar-refractivity contribution < 1.29 is 17.6 Å². The molecule has 1 aliphatic heterocycles. The molecule has 1 heterocycles. The van der Waals surface area contributed by atoms with E-state index in [1.54, 1.807) is 18.2 Å². The minimum Gasteiger partial charge on any atom is -0.324 e. The fourth-order valence-electron chi connectivity index (χ4n) is 3.03. The number of hydrogen-bond donors (Lipinski definition) is 1. The summed E-state index contributed by atoms with van der Waals surface area (Å²) in [5.41, 5.74) is 0.653. The van der Waals surface area contributed by atoms with Gasteiger partial charge >= 0.3 is 0 Å². The van der Waals surface area contributed by atoms with Crippen LogP contribution in [0.1, 0.15) is 0 Å². The molecular weight excluding hydrogens is 379 g/mol. The van der Waals surface area contributed by atoms with Crippen LogP contribution in [0, 0.1) is 5.82 Å². The molecule has 4 rings (SSSR count). The summed E-state index contributed by atoms with van der Waals surface area (Å²) in [6.45, 7) is -0.416. The fraction of sp³-hybridized carbons (Fsp3) is 0.0556. The number of hydrogen-bond acceptors (Lipinski definition) is 3. The molecule has 1 aliphatic rings. The molecule has 0 radical (unpaired) electrons. The van der Waals surface area contributed by atoms with Crippen LogP contribution in [0.5, 0.6) is 0 Å². The van der Waals surface area contributed by atoms with Crippen molar-refractivity contribution in [3.05, 3.63) is 65.4 Å². The molecule has 0 aromatic heterocycles.